The molecule has 2 aliphatic rings. The predicted octanol–water partition coefficient (Wildman–Crippen LogP) is 3.93. The number of nitrogens with one attached hydrogen (secondary N) is 1. The molecule has 2 fully saturated rings. The highest BCUT2D eigenvalue weighted by atomic mass is 19.1. The molecule has 1 unspecified atom stereocenters. The van der Waals surface area contributed by atoms with Crippen LogP contribution in [0.4, 0.5) is 19.3 Å². The number of piperidine rings is 1. The van der Waals surface area contributed by atoms with Crippen molar-refractivity contribution < 1.29 is 23.0 Å². The molecule has 0 spiro atoms. The van der Waals surface area contributed by atoms with Gasteiger partial charge in [0, 0.05) is 13.1 Å². The van der Waals surface area contributed by atoms with Crippen molar-refractivity contribution in [3.8, 4) is 5.75 Å². The predicted molar refractivity (Wildman–Crippen MR) is 89.9 cm³/mol. The molecule has 1 atom stereocenters. The van der Waals surface area contributed by atoms with Crippen molar-refractivity contribution in [3.63, 3.8) is 0 Å². The summed E-state index contributed by atoms with van der Waals surface area (Å²) in [6, 6.07) is 1.78. The van der Waals surface area contributed by atoms with Gasteiger partial charge < -0.3 is 19.7 Å². The van der Waals surface area contributed by atoms with E-state index in [0.717, 1.165) is 31.7 Å². The number of hydrogen-bond donors (Lipinski definition) is 1. The molecule has 0 bridgehead atoms. The van der Waals surface area contributed by atoms with Crippen LogP contribution < -0.4 is 10.1 Å². The van der Waals surface area contributed by atoms with Gasteiger partial charge in [0.2, 0.25) is 0 Å². The number of carbonyl (C=O) groups excluding carboxylic acids is 1. The molecule has 3 rings (SSSR count). The Balaban J connectivity index is 1.64. The van der Waals surface area contributed by atoms with Crippen LogP contribution in [0, 0.1) is 11.6 Å². The van der Waals surface area contributed by atoms with Crippen LogP contribution in [0.5, 0.6) is 5.75 Å². The highest BCUT2D eigenvalue weighted by Crippen LogP contribution is 2.29. The SMILES string of the molecule is CCOc1ccc(F)c(NC(=O)N2CCCC(OC3CCC3)C2)c1F. The number of hydrogen-bond acceptors (Lipinski definition) is 3. The van der Waals surface area contributed by atoms with Crippen molar-refractivity contribution in [3.05, 3.63) is 23.8 Å². The van der Waals surface area contributed by atoms with Crippen molar-refractivity contribution in [2.24, 2.45) is 0 Å². The summed E-state index contributed by atoms with van der Waals surface area (Å²) >= 11 is 0. The largest absolute Gasteiger partial charge is 0.491 e. The van der Waals surface area contributed by atoms with Gasteiger partial charge in [-0.1, -0.05) is 0 Å². The summed E-state index contributed by atoms with van der Waals surface area (Å²) < 4.78 is 39.4. The van der Waals surface area contributed by atoms with Crippen molar-refractivity contribution >= 4 is 11.7 Å². The molecule has 25 heavy (non-hydrogen) atoms. The smallest absolute Gasteiger partial charge is 0.322 e. The van der Waals surface area contributed by atoms with E-state index in [4.69, 9.17) is 9.47 Å². The first-order chi connectivity index (χ1) is 12.1. The Hall–Kier alpha value is -1.89. The second kappa shape index (κ2) is 7.99. The fourth-order valence-corrected chi connectivity index (χ4v) is 3.11. The zero-order valence-electron chi connectivity index (χ0n) is 14.4. The molecule has 7 heteroatoms. The van der Waals surface area contributed by atoms with Gasteiger partial charge in [-0.3, -0.25) is 0 Å². The minimum atomic E-state index is -0.894. The van der Waals surface area contributed by atoms with Gasteiger partial charge in [0.15, 0.2) is 11.6 Å². The van der Waals surface area contributed by atoms with Gasteiger partial charge in [0.25, 0.3) is 0 Å². The number of anilines is 1. The molecule has 1 aliphatic heterocycles. The standard InChI is InChI=1S/C18H24F2N2O3/c1-2-24-15-9-8-14(19)17(16(15)20)21-18(23)22-10-4-7-13(11-22)25-12-5-3-6-12/h8-9,12-13H,2-7,10-11H2,1H3,(H,21,23). The summed E-state index contributed by atoms with van der Waals surface area (Å²) in [6.45, 7) is 2.95. The summed E-state index contributed by atoms with van der Waals surface area (Å²) in [4.78, 5) is 14.0. The summed E-state index contributed by atoms with van der Waals surface area (Å²) in [5, 5.41) is 2.35. The Morgan fingerprint density at radius 1 is 1.24 bits per heavy atom. The van der Waals surface area contributed by atoms with E-state index >= 15 is 0 Å². The quantitative estimate of drug-likeness (QED) is 0.872. The van der Waals surface area contributed by atoms with Crippen molar-refractivity contribution in [2.75, 3.05) is 25.0 Å². The second-order valence-corrected chi connectivity index (χ2v) is 6.50. The minimum absolute atomic E-state index is 0.00532. The maximum Gasteiger partial charge on any atom is 0.322 e. The van der Waals surface area contributed by atoms with Gasteiger partial charge in [-0.2, -0.15) is 0 Å². The third-order valence-electron chi connectivity index (χ3n) is 4.69. The topological polar surface area (TPSA) is 50.8 Å². The Labute approximate surface area is 146 Å². The van der Waals surface area contributed by atoms with E-state index in [0.29, 0.717) is 19.2 Å². The van der Waals surface area contributed by atoms with E-state index in [9.17, 15) is 13.6 Å². The highest BCUT2D eigenvalue weighted by molar-refractivity contribution is 5.90. The maximum absolute atomic E-state index is 14.3. The monoisotopic (exact) mass is 354 g/mol. The molecule has 138 valence electrons. The number of rotatable bonds is 5. The fraction of sp³-hybridized carbons (Fsp3) is 0.611. The third kappa shape index (κ3) is 4.21. The van der Waals surface area contributed by atoms with Crippen LogP contribution in [-0.2, 0) is 4.74 Å². The molecule has 0 aromatic heterocycles. The fourth-order valence-electron chi connectivity index (χ4n) is 3.11. The number of carbonyl (C=O) groups is 1. The second-order valence-electron chi connectivity index (χ2n) is 6.50. The van der Waals surface area contributed by atoms with Crippen molar-refractivity contribution in [1.82, 2.24) is 4.90 Å². The molecule has 5 nitrogen and oxygen atoms in total. The zero-order chi connectivity index (χ0) is 17.8. The van der Waals surface area contributed by atoms with Crippen LogP contribution in [-0.4, -0.2) is 42.8 Å². The first-order valence-corrected chi connectivity index (χ1v) is 8.90. The molecule has 1 N–H and O–H groups in total. The summed E-state index contributed by atoms with van der Waals surface area (Å²) in [7, 11) is 0. The van der Waals surface area contributed by atoms with Crippen LogP contribution in [0.25, 0.3) is 0 Å². The molecular formula is C18H24F2N2O3. The Morgan fingerprint density at radius 2 is 2.00 bits per heavy atom. The van der Waals surface area contributed by atoms with Gasteiger partial charge in [0.05, 0.1) is 18.8 Å². The lowest BCUT2D eigenvalue weighted by atomic mass is 9.95. The molecule has 1 saturated carbocycles. The van der Waals surface area contributed by atoms with Gasteiger partial charge >= 0.3 is 6.03 Å². The number of urea groups is 1. The van der Waals surface area contributed by atoms with Gasteiger partial charge in [-0.05, 0) is 51.2 Å². The number of amides is 2. The highest BCUT2D eigenvalue weighted by Gasteiger charge is 2.29. The van der Waals surface area contributed by atoms with Crippen LogP contribution in [0.2, 0.25) is 0 Å². The summed E-state index contributed by atoms with van der Waals surface area (Å²) in [6.07, 6.45) is 5.35. The molecule has 2 amide bonds. The van der Waals surface area contributed by atoms with E-state index in [-0.39, 0.29) is 18.5 Å². The molecule has 1 saturated heterocycles. The van der Waals surface area contributed by atoms with Gasteiger partial charge in [0.1, 0.15) is 11.5 Å². The molecule has 1 aromatic rings. The van der Waals surface area contributed by atoms with Crippen LogP contribution in [0.1, 0.15) is 39.0 Å². The Kier molecular flexibility index (Phi) is 5.73. The molecule has 1 aromatic carbocycles. The number of ether oxygens (including phenoxy) is 2. The third-order valence-corrected chi connectivity index (χ3v) is 4.69. The number of likely N-dealkylation sites (tertiary alicyclic amines) is 1. The molecule has 1 heterocycles. The van der Waals surface area contributed by atoms with Crippen LogP contribution in [0.3, 0.4) is 0 Å². The zero-order valence-corrected chi connectivity index (χ0v) is 14.4. The first kappa shape index (κ1) is 17.9. The summed E-state index contributed by atoms with van der Waals surface area (Å²) in [5.74, 6) is -1.80. The average molecular weight is 354 g/mol. The number of halogens is 2. The Bertz CT molecular complexity index is 623. The molecule has 0 radical (unpaired) electrons. The molecular weight excluding hydrogens is 330 g/mol. The van der Waals surface area contributed by atoms with Gasteiger partial charge in [-0.15, -0.1) is 0 Å². The maximum atomic E-state index is 14.3. The van der Waals surface area contributed by atoms with E-state index in [2.05, 4.69) is 5.32 Å². The lowest BCUT2D eigenvalue weighted by Gasteiger charge is -2.37. The average Bonchev–Trinajstić information content (AvgIpc) is 2.58. The van der Waals surface area contributed by atoms with Crippen molar-refractivity contribution in [1.29, 1.82) is 0 Å². The normalized spacial score (nSPS) is 20.9. The number of benzene rings is 1. The first-order valence-electron chi connectivity index (χ1n) is 8.90. The van der Waals surface area contributed by atoms with Gasteiger partial charge in [-0.25, -0.2) is 13.6 Å². The van der Waals surface area contributed by atoms with E-state index in [1.54, 1.807) is 11.8 Å². The van der Waals surface area contributed by atoms with Crippen LogP contribution in [0.15, 0.2) is 12.1 Å². The van der Waals surface area contributed by atoms with Crippen LogP contribution >= 0.6 is 0 Å². The Morgan fingerprint density at radius 3 is 2.68 bits per heavy atom. The van der Waals surface area contributed by atoms with E-state index in [1.165, 1.54) is 12.5 Å². The minimum Gasteiger partial charge on any atom is -0.491 e. The summed E-state index contributed by atoms with van der Waals surface area (Å²) in [5.41, 5.74) is -0.474. The lowest BCUT2D eigenvalue weighted by Crippen LogP contribution is -2.46. The van der Waals surface area contributed by atoms with Crippen molar-refractivity contribution in [2.45, 2.75) is 51.2 Å². The molecule has 1 aliphatic carbocycles. The lowest BCUT2D eigenvalue weighted by molar-refractivity contribution is -0.0714. The van der Waals surface area contributed by atoms with E-state index < -0.39 is 23.4 Å². The van der Waals surface area contributed by atoms with E-state index in [1.807, 2.05) is 0 Å². The number of nitrogens with zero attached hydrogens (tertiary/aromatic N) is 1.